The first-order valence-electron chi connectivity index (χ1n) is 5.22. The van der Waals surface area contributed by atoms with Gasteiger partial charge in [-0.1, -0.05) is 6.07 Å². The first-order chi connectivity index (χ1) is 8.04. The molecule has 0 heterocycles. The minimum absolute atomic E-state index is 0.120. The van der Waals surface area contributed by atoms with E-state index < -0.39 is 12.0 Å². The molecule has 1 rings (SSSR count). The molecular formula is C12H15N3O2. The van der Waals surface area contributed by atoms with E-state index in [2.05, 4.69) is 11.4 Å². The number of aliphatic hydroxyl groups excluding tert-OH is 1. The van der Waals surface area contributed by atoms with Gasteiger partial charge < -0.3 is 16.2 Å². The molecule has 1 unspecified atom stereocenters. The summed E-state index contributed by atoms with van der Waals surface area (Å²) < 4.78 is 0. The summed E-state index contributed by atoms with van der Waals surface area (Å²) in [6.07, 6.45) is -1.17. The summed E-state index contributed by atoms with van der Waals surface area (Å²) in [4.78, 5) is 10.6. The Balaban J connectivity index is 2.53. The monoisotopic (exact) mass is 233 g/mol. The van der Waals surface area contributed by atoms with E-state index in [4.69, 9.17) is 11.0 Å². The Bertz CT molecular complexity index is 452. The van der Waals surface area contributed by atoms with E-state index in [0.717, 1.165) is 11.1 Å². The van der Waals surface area contributed by atoms with Crippen LogP contribution in [0.25, 0.3) is 0 Å². The van der Waals surface area contributed by atoms with Crippen molar-refractivity contribution in [2.45, 2.75) is 19.6 Å². The predicted molar refractivity (Wildman–Crippen MR) is 62.8 cm³/mol. The van der Waals surface area contributed by atoms with Crippen LogP contribution in [0, 0.1) is 18.3 Å². The first kappa shape index (κ1) is 13.2. The molecule has 17 heavy (non-hydrogen) atoms. The normalized spacial score (nSPS) is 11.8. The summed E-state index contributed by atoms with van der Waals surface area (Å²) in [6, 6.07) is 7.43. The molecule has 4 N–H and O–H groups in total. The van der Waals surface area contributed by atoms with Crippen LogP contribution in [0.4, 0.5) is 0 Å². The number of carbonyl (C=O) groups is 1. The average Bonchev–Trinajstić information content (AvgIpc) is 2.30. The van der Waals surface area contributed by atoms with E-state index in [1.165, 1.54) is 0 Å². The number of hydrogen-bond acceptors (Lipinski definition) is 4. The Morgan fingerprint density at radius 2 is 2.35 bits per heavy atom. The zero-order valence-electron chi connectivity index (χ0n) is 9.60. The fourth-order valence-electron chi connectivity index (χ4n) is 1.41. The van der Waals surface area contributed by atoms with Gasteiger partial charge in [0.2, 0.25) is 5.91 Å². The number of primary amides is 1. The fraction of sp³-hybridized carbons (Fsp3) is 0.333. The van der Waals surface area contributed by atoms with Crippen molar-refractivity contribution < 1.29 is 9.90 Å². The summed E-state index contributed by atoms with van der Waals surface area (Å²) in [5.74, 6) is -0.742. The summed E-state index contributed by atoms with van der Waals surface area (Å²) in [5.41, 5.74) is 7.54. The number of amides is 1. The smallest absolute Gasteiger partial charge is 0.247 e. The number of carbonyl (C=O) groups excluding carboxylic acids is 1. The van der Waals surface area contributed by atoms with Gasteiger partial charge in [-0.05, 0) is 30.2 Å². The predicted octanol–water partition coefficient (Wildman–Crippen LogP) is -0.197. The second-order valence-corrected chi connectivity index (χ2v) is 3.80. The number of benzene rings is 1. The Kier molecular flexibility index (Phi) is 4.64. The van der Waals surface area contributed by atoms with Crippen LogP contribution in [-0.2, 0) is 11.3 Å². The number of nitrogens with two attached hydrogens (primary N) is 1. The molecule has 5 nitrogen and oxygen atoms in total. The van der Waals surface area contributed by atoms with Crippen LogP contribution in [-0.4, -0.2) is 23.7 Å². The number of aryl methyl sites for hydroxylation is 1. The van der Waals surface area contributed by atoms with Gasteiger partial charge in [-0.2, -0.15) is 5.26 Å². The van der Waals surface area contributed by atoms with E-state index in [0.29, 0.717) is 12.1 Å². The summed E-state index contributed by atoms with van der Waals surface area (Å²) in [7, 11) is 0. The molecule has 0 spiro atoms. The minimum atomic E-state index is -1.17. The van der Waals surface area contributed by atoms with Gasteiger partial charge in [-0.15, -0.1) is 0 Å². The van der Waals surface area contributed by atoms with Crippen molar-refractivity contribution in [3.63, 3.8) is 0 Å². The van der Waals surface area contributed by atoms with Crippen LogP contribution in [0.1, 0.15) is 16.7 Å². The largest absolute Gasteiger partial charge is 0.382 e. The SMILES string of the molecule is Cc1cc(C#N)ccc1CNCC(O)C(N)=O. The van der Waals surface area contributed by atoms with E-state index in [1.54, 1.807) is 12.1 Å². The van der Waals surface area contributed by atoms with Gasteiger partial charge in [0.1, 0.15) is 6.10 Å². The van der Waals surface area contributed by atoms with E-state index in [9.17, 15) is 9.90 Å². The second-order valence-electron chi connectivity index (χ2n) is 3.80. The highest BCUT2D eigenvalue weighted by atomic mass is 16.3. The Morgan fingerprint density at radius 3 is 2.88 bits per heavy atom. The zero-order valence-corrected chi connectivity index (χ0v) is 9.60. The molecule has 1 aromatic rings. The lowest BCUT2D eigenvalue weighted by molar-refractivity contribution is -0.125. The zero-order chi connectivity index (χ0) is 12.8. The third kappa shape index (κ3) is 3.87. The van der Waals surface area contributed by atoms with Crippen molar-refractivity contribution in [2.24, 2.45) is 5.73 Å². The van der Waals surface area contributed by atoms with Crippen LogP contribution in [0.2, 0.25) is 0 Å². The van der Waals surface area contributed by atoms with Crippen molar-refractivity contribution in [1.29, 1.82) is 5.26 Å². The highest BCUT2D eigenvalue weighted by Gasteiger charge is 2.09. The molecule has 0 aromatic heterocycles. The molecule has 1 amide bonds. The molecule has 0 aliphatic carbocycles. The van der Waals surface area contributed by atoms with Crippen LogP contribution in [0.15, 0.2) is 18.2 Å². The van der Waals surface area contributed by atoms with Gasteiger partial charge in [-0.3, -0.25) is 4.79 Å². The van der Waals surface area contributed by atoms with Gasteiger partial charge in [0.05, 0.1) is 11.6 Å². The van der Waals surface area contributed by atoms with Crippen LogP contribution in [0.5, 0.6) is 0 Å². The van der Waals surface area contributed by atoms with Crippen LogP contribution >= 0.6 is 0 Å². The number of aliphatic hydroxyl groups is 1. The quantitative estimate of drug-likeness (QED) is 0.656. The topological polar surface area (TPSA) is 99.1 Å². The lowest BCUT2D eigenvalue weighted by Crippen LogP contribution is -2.37. The molecule has 0 aliphatic rings. The lowest BCUT2D eigenvalue weighted by Gasteiger charge is -2.10. The second kappa shape index (κ2) is 5.99. The summed E-state index contributed by atoms with van der Waals surface area (Å²) >= 11 is 0. The minimum Gasteiger partial charge on any atom is -0.382 e. The molecule has 0 saturated carbocycles. The fourth-order valence-corrected chi connectivity index (χ4v) is 1.41. The number of nitriles is 1. The Labute approximate surface area is 99.9 Å². The molecule has 0 fully saturated rings. The molecule has 5 heteroatoms. The molecular weight excluding hydrogens is 218 g/mol. The van der Waals surface area contributed by atoms with E-state index in [1.807, 2.05) is 13.0 Å². The van der Waals surface area contributed by atoms with E-state index in [-0.39, 0.29) is 6.54 Å². The van der Waals surface area contributed by atoms with Gasteiger partial charge in [0.15, 0.2) is 0 Å². The summed E-state index contributed by atoms with van der Waals surface area (Å²) in [5, 5.41) is 20.8. The van der Waals surface area contributed by atoms with Crippen LogP contribution in [0.3, 0.4) is 0 Å². The molecule has 0 radical (unpaired) electrons. The molecule has 0 bridgehead atoms. The van der Waals surface area contributed by atoms with Gasteiger partial charge in [0.25, 0.3) is 0 Å². The highest BCUT2D eigenvalue weighted by Crippen LogP contribution is 2.10. The average molecular weight is 233 g/mol. The van der Waals surface area contributed by atoms with Crippen LogP contribution < -0.4 is 11.1 Å². The number of nitrogens with zero attached hydrogens (tertiary/aromatic N) is 1. The van der Waals surface area contributed by atoms with E-state index >= 15 is 0 Å². The molecule has 90 valence electrons. The van der Waals surface area contributed by atoms with Gasteiger partial charge in [0, 0.05) is 13.1 Å². The third-order valence-electron chi connectivity index (χ3n) is 2.45. The summed E-state index contributed by atoms with van der Waals surface area (Å²) in [6.45, 7) is 2.54. The number of nitrogens with one attached hydrogen (secondary N) is 1. The van der Waals surface area contributed by atoms with Gasteiger partial charge >= 0.3 is 0 Å². The molecule has 1 aromatic carbocycles. The molecule has 0 saturated heterocycles. The maximum atomic E-state index is 10.6. The van der Waals surface area contributed by atoms with Gasteiger partial charge in [-0.25, -0.2) is 0 Å². The first-order valence-corrected chi connectivity index (χ1v) is 5.22. The number of hydrogen-bond donors (Lipinski definition) is 3. The third-order valence-corrected chi connectivity index (χ3v) is 2.45. The highest BCUT2D eigenvalue weighted by molar-refractivity contribution is 5.78. The lowest BCUT2D eigenvalue weighted by atomic mass is 10.1. The van der Waals surface area contributed by atoms with Crippen molar-refractivity contribution in [2.75, 3.05) is 6.54 Å². The van der Waals surface area contributed by atoms with Crippen molar-refractivity contribution in [3.05, 3.63) is 34.9 Å². The number of rotatable bonds is 5. The Morgan fingerprint density at radius 1 is 1.65 bits per heavy atom. The molecule has 1 atom stereocenters. The van der Waals surface area contributed by atoms with Crippen molar-refractivity contribution >= 4 is 5.91 Å². The standard InChI is InChI=1S/C12H15N3O2/c1-8-4-9(5-13)2-3-10(8)6-15-7-11(16)12(14)17/h2-4,11,15-16H,6-7H2,1H3,(H2,14,17). The maximum absolute atomic E-state index is 10.6. The van der Waals surface area contributed by atoms with Crippen molar-refractivity contribution in [3.8, 4) is 6.07 Å². The molecule has 0 aliphatic heterocycles. The van der Waals surface area contributed by atoms with Crippen molar-refractivity contribution in [1.82, 2.24) is 5.32 Å². The Hall–Kier alpha value is -1.90. The maximum Gasteiger partial charge on any atom is 0.247 e.